The van der Waals surface area contributed by atoms with Crippen molar-refractivity contribution in [2.45, 2.75) is 13.8 Å². The van der Waals surface area contributed by atoms with Crippen molar-refractivity contribution in [1.82, 2.24) is 5.43 Å². The first-order valence-electron chi connectivity index (χ1n) is 11.3. The van der Waals surface area contributed by atoms with Gasteiger partial charge in [-0.05, 0) is 61.5 Å². The number of nitrogens with zero attached hydrogens (tertiary/aromatic N) is 1. The summed E-state index contributed by atoms with van der Waals surface area (Å²) in [6, 6.07) is 17.6. The van der Waals surface area contributed by atoms with E-state index in [1.54, 1.807) is 67.6 Å². The number of hydrazone groups is 1. The number of hydrogen-bond donors (Lipinski definition) is 3. The third-order valence-electron chi connectivity index (χ3n) is 5.11. The minimum atomic E-state index is -0.982. The van der Waals surface area contributed by atoms with Crippen LogP contribution < -0.4 is 30.3 Å². The molecule has 3 aromatic rings. The van der Waals surface area contributed by atoms with Crippen molar-refractivity contribution < 1.29 is 33.4 Å². The van der Waals surface area contributed by atoms with Crippen LogP contribution in [0, 0.1) is 0 Å². The van der Waals surface area contributed by atoms with Crippen molar-refractivity contribution in [2.75, 3.05) is 24.9 Å². The fourth-order valence-corrected chi connectivity index (χ4v) is 3.22. The first-order valence-corrected chi connectivity index (χ1v) is 11.3. The van der Waals surface area contributed by atoms with Gasteiger partial charge in [0.1, 0.15) is 11.3 Å². The molecule has 3 N–H and O–H groups in total. The predicted octanol–water partition coefficient (Wildman–Crippen LogP) is 3.36. The lowest BCUT2D eigenvalue weighted by Gasteiger charge is -2.12. The molecular weight excluding hydrogens is 492 g/mol. The maximum absolute atomic E-state index is 12.6. The fourth-order valence-electron chi connectivity index (χ4n) is 3.22. The predicted molar refractivity (Wildman–Crippen MR) is 141 cm³/mol. The van der Waals surface area contributed by atoms with Gasteiger partial charge >= 0.3 is 17.8 Å². The number of rotatable bonds is 8. The van der Waals surface area contributed by atoms with Crippen LogP contribution in [0.5, 0.6) is 17.2 Å². The van der Waals surface area contributed by atoms with Gasteiger partial charge in [-0.1, -0.05) is 12.1 Å². The molecule has 0 fully saturated rings. The van der Waals surface area contributed by atoms with Gasteiger partial charge in [-0.15, -0.1) is 0 Å². The van der Waals surface area contributed by atoms with Gasteiger partial charge in [0.05, 0.1) is 19.9 Å². The maximum Gasteiger partial charge on any atom is 0.347 e. The Balaban J connectivity index is 1.64. The number of anilines is 2. The molecule has 11 nitrogen and oxygen atoms in total. The average Bonchev–Trinajstić information content (AvgIpc) is 2.92. The molecule has 0 saturated carbocycles. The number of ether oxygens (including phenoxy) is 3. The molecule has 0 atom stereocenters. The normalized spacial score (nSPS) is 10.7. The van der Waals surface area contributed by atoms with Crippen molar-refractivity contribution in [1.29, 1.82) is 0 Å². The van der Waals surface area contributed by atoms with Gasteiger partial charge in [-0.3, -0.25) is 14.4 Å². The summed E-state index contributed by atoms with van der Waals surface area (Å²) in [7, 11) is 2.87. The van der Waals surface area contributed by atoms with Crippen LogP contribution >= 0.6 is 0 Å². The number of esters is 1. The molecule has 0 spiro atoms. The fraction of sp³-hybridized carbons (Fsp3) is 0.148. The third kappa shape index (κ3) is 7.17. The number of benzene rings is 3. The Bertz CT molecular complexity index is 1380. The minimum Gasteiger partial charge on any atom is -0.496 e. The second kappa shape index (κ2) is 12.7. The molecule has 3 aromatic carbocycles. The Hall–Kier alpha value is -5.19. The topological polar surface area (TPSA) is 144 Å². The van der Waals surface area contributed by atoms with Gasteiger partial charge in [0, 0.05) is 23.9 Å². The lowest BCUT2D eigenvalue weighted by atomic mass is 10.1. The Kier molecular flexibility index (Phi) is 9.14. The van der Waals surface area contributed by atoms with Crippen LogP contribution in [-0.4, -0.2) is 43.6 Å². The van der Waals surface area contributed by atoms with E-state index in [4.69, 9.17) is 14.2 Å². The van der Waals surface area contributed by atoms with Gasteiger partial charge in [-0.2, -0.15) is 5.10 Å². The Morgan fingerprint density at radius 2 is 1.34 bits per heavy atom. The highest BCUT2D eigenvalue weighted by Gasteiger charge is 2.18. The molecule has 196 valence electrons. The molecule has 0 bridgehead atoms. The summed E-state index contributed by atoms with van der Waals surface area (Å²) in [5, 5.41) is 9.01. The lowest BCUT2D eigenvalue weighted by molar-refractivity contribution is -0.136. The molecule has 0 aromatic heterocycles. The van der Waals surface area contributed by atoms with Gasteiger partial charge in [0.25, 0.3) is 0 Å². The van der Waals surface area contributed by atoms with Crippen molar-refractivity contribution in [3.63, 3.8) is 0 Å². The number of para-hydroxylation sites is 1. The highest BCUT2D eigenvalue weighted by Crippen LogP contribution is 2.30. The summed E-state index contributed by atoms with van der Waals surface area (Å²) >= 11 is 0. The zero-order valence-corrected chi connectivity index (χ0v) is 21.2. The average molecular weight is 519 g/mol. The molecular formula is C27H26N4O7. The molecule has 0 aliphatic rings. The summed E-state index contributed by atoms with van der Waals surface area (Å²) in [6.07, 6.45) is 0. The quantitative estimate of drug-likeness (QED) is 0.136. The van der Waals surface area contributed by atoms with Crippen LogP contribution in [0.2, 0.25) is 0 Å². The summed E-state index contributed by atoms with van der Waals surface area (Å²) in [6.45, 7) is 3.00. The smallest absolute Gasteiger partial charge is 0.347 e. The zero-order valence-electron chi connectivity index (χ0n) is 21.2. The van der Waals surface area contributed by atoms with Crippen LogP contribution in [0.1, 0.15) is 29.8 Å². The summed E-state index contributed by atoms with van der Waals surface area (Å²) in [5.74, 6) is -1.95. The van der Waals surface area contributed by atoms with Crippen LogP contribution in [0.4, 0.5) is 11.4 Å². The maximum atomic E-state index is 12.6. The van der Waals surface area contributed by atoms with E-state index in [-0.39, 0.29) is 23.0 Å². The van der Waals surface area contributed by atoms with Crippen molar-refractivity contribution in [2.24, 2.45) is 5.10 Å². The SMILES string of the molecule is COc1cc(C(C)=NNC(=O)C(=O)Nc2ccc(NC(C)=O)cc2)ccc1OC(=O)c1ccccc1OC. The van der Waals surface area contributed by atoms with E-state index >= 15 is 0 Å². The van der Waals surface area contributed by atoms with E-state index in [0.717, 1.165) is 0 Å². The molecule has 0 heterocycles. The van der Waals surface area contributed by atoms with E-state index in [9.17, 15) is 19.2 Å². The molecule has 38 heavy (non-hydrogen) atoms. The number of methoxy groups -OCH3 is 2. The molecule has 3 rings (SSSR count). The Morgan fingerprint density at radius 1 is 0.711 bits per heavy atom. The summed E-state index contributed by atoms with van der Waals surface area (Å²) < 4.78 is 16.0. The monoisotopic (exact) mass is 518 g/mol. The number of carbonyl (C=O) groups is 4. The Morgan fingerprint density at radius 3 is 1.97 bits per heavy atom. The highest BCUT2D eigenvalue weighted by molar-refractivity contribution is 6.39. The molecule has 0 saturated heterocycles. The van der Waals surface area contributed by atoms with Gasteiger partial charge in [-0.25, -0.2) is 10.2 Å². The second-order valence-corrected chi connectivity index (χ2v) is 7.81. The van der Waals surface area contributed by atoms with E-state index in [0.29, 0.717) is 28.4 Å². The van der Waals surface area contributed by atoms with E-state index < -0.39 is 17.8 Å². The zero-order chi connectivity index (χ0) is 27.7. The van der Waals surface area contributed by atoms with E-state index in [1.807, 2.05) is 0 Å². The van der Waals surface area contributed by atoms with E-state index in [1.165, 1.54) is 27.2 Å². The van der Waals surface area contributed by atoms with Gasteiger partial charge < -0.3 is 24.8 Å². The number of carbonyl (C=O) groups excluding carboxylic acids is 4. The van der Waals surface area contributed by atoms with Crippen LogP contribution in [-0.2, 0) is 14.4 Å². The number of hydrogen-bond acceptors (Lipinski definition) is 8. The summed E-state index contributed by atoms with van der Waals surface area (Å²) in [4.78, 5) is 48.1. The van der Waals surface area contributed by atoms with Gasteiger partial charge in [0.15, 0.2) is 11.5 Å². The summed E-state index contributed by atoms with van der Waals surface area (Å²) in [5.41, 5.74) is 4.28. The van der Waals surface area contributed by atoms with Crippen molar-refractivity contribution in [3.8, 4) is 17.2 Å². The number of nitrogens with one attached hydrogen (secondary N) is 3. The van der Waals surface area contributed by atoms with E-state index in [2.05, 4.69) is 21.2 Å². The van der Waals surface area contributed by atoms with Crippen molar-refractivity contribution in [3.05, 3.63) is 77.9 Å². The van der Waals surface area contributed by atoms with Crippen LogP contribution in [0.3, 0.4) is 0 Å². The highest BCUT2D eigenvalue weighted by atomic mass is 16.6. The first-order chi connectivity index (χ1) is 18.2. The lowest BCUT2D eigenvalue weighted by Crippen LogP contribution is -2.32. The standard InChI is InChI=1S/C27H26N4O7/c1-16(30-31-26(34)25(33)29-20-12-10-19(11-13-20)28-17(2)32)18-9-14-23(24(15-18)37-4)38-27(35)21-7-5-6-8-22(21)36-3/h5-15H,1-4H3,(H,28,32)(H,29,33)(H,31,34). The van der Waals surface area contributed by atoms with Crippen LogP contribution in [0.25, 0.3) is 0 Å². The Labute approximate surface area is 218 Å². The van der Waals surface area contributed by atoms with Crippen molar-refractivity contribution >= 4 is 40.8 Å². The molecule has 11 heteroatoms. The largest absolute Gasteiger partial charge is 0.496 e. The second-order valence-electron chi connectivity index (χ2n) is 7.81. The minimum absolute atomic E-state index is 0.174. The molecule has 0 unspecified atom stereocenters. The van der Waals surface area contributed by atoms with Crippen LogP contribution in [0.15, 0.2) is 71.8 Å². The molecule has 0 aliphatic carbocycles. The molecule has 3 amide bonds. The molecule has 0 radical (unpaired) electrons. The van der Waals surface area contributed by atoms with Gasteiger partial charge in [0.2, 0.25) is 5.91 Å². The third-order valence-corrected chi connectivity index (χ3v) is 5.11. The first kappa shape index (κ1) is 27.4. The number of amides is 3. The molecule has 0 aliphatic heterocycles.